The van der Waals surface area contributed by atoms with Crippen molar-refractivity contribution in [3.05, 3.63) is 6.92 Å². The molecule has 1 radical (unpaired) electrons. The minimum atomic E-state index is 0.618. The Bertz CT molecular complexity index is 61.6. The van der Waals surface area contributed by atoms with Crippen LogP contribution in [0.1, 0.15) is 27.2 Å². The monoisotopic (exact) mass is 128 g/mol. The predicted octanol–water partition coefficient (Wildman–Crippen LogP) is 1.84. The second kappa shape index (κ2) is 4.80. The zero-order valence-electron chi connectivity index (χ0n) is 6.78. The van der Waals surface area contributed by atoms with Crippen LogP contribution >= 0.6 is 0 Å². The topological polar surface area (TPSA) is 12.0 Å². The Kier molecular flexibility index (Phi) is 4.78. The van der Waals surface area contributed by atoms with E-state index in [1.54, 1.807) is 0 Å². The molecule has 0 aliphatic carbocycles. The minimum Gasteiger partial charge on any atom is -0.314 e. The van der Waals surface area contributed by atoms with E-state index < -0.39 is 0 Å². The van der Waals surface area contributed by atoms with Crippen LogP contribution in [0.15, 0.2) is 0 Å². The molecule has 1 nitrogen and oxygen atoms in total. The van der Waals surface area contributed by atoms with Gasteiger partial charge < -0.3 is 5.32 Å². The van der Waals surface area contributed by atoms with E-state index in [0.717, 1.165) is 12.5 Å². The summed E-state index contributed by atoms with van der Waals surface area (Å²) in [5, 5.41) is 3.29. The lowest BCUT2D eigenvalue weighted by Gasteiger charge is -2.18. The van der Waals surface area contributed by atoms with Crippen molar-refractivity contribution in [3.63, 3.8) is 0 Å². The summed E-state index contributed by atoms with van der Waals surface area (Å²) in [6, 6.07) is 0.618. The molecule has 55 valence electrons. The van der Waals surface area contributed by atoms with Gasteiger partial charge in [0.2, 0.25) is 0 Å². The minimum absolute atomic E-state index is 0.618. The summed E-state index contributed by atoms with van der Waals surface area (Å²) in [5.74, 6) is 0.770. The largest absolute Gasteiger partial charge is 0.314 e. The van der Waals surface area contributed by atoms with Crippen LogP contribution in [0.3, 0.4) is 0 Å². The lowest BCUT2D eigenvalue weighted by molar-refractivity contribution is 0.404. The lowest BCUT2D eigenvalue weighted by Crippen LogP contribution is -2.31. The first-order chi connectivity index (χ1) is 4.22. The summed E-state index contributed by atoms with van der Waals surface area (Å²) in [4.78, 5) is 0. The molecule has 1 N–H and O–H groups in total. The van der Waals surface area contributed by atoms with Gasteiger partial charge in [-0.3, -0.25) is 0 Å². The average molecular weight is 128 g/mol. The third-order valence-electron chi connectivity index (χ3n) is 1.96. The summed E-state index contributed by atoms with van der Waals surface area (Å²) in [6.45, 7) is 11.2. The number of hydrogen-bond acceptors (Lipinski definition) is 1. The smallest absolute Gasteiger partial charge is 0.00642 e. The molecular formula is C8H18N. The number of hydrogen-bond donors (Lipinski definition) is 1. The van der Waals surface area contributed by atoms with E-state index in [0.29, 0.717) is 6.04 Å². The van der Waals surface area contributed by atoms with Crippen LogP contribution in [0.2, 0.25) is 0 Å². The molecule has 0 bridgehead atoms. The molecule has 0 aromatic heterocycles. The van der Waals surface area contributed by atoms with Crippen molar-refractivity contribution in [1.82, 2.24) is 5.32 Å². The van der Waals surface area contributed by atoms with Crippen molar-refractivity contribution >= 4 is 0 Å². The van der Waals surface area contributed by atoms with Crippen molar-refractivity contribution in [2.24, 2.45) is 5.92 Å². The van der Waals surface area contributed by atoms with Crippen LogP contribution in [-0.2, 0) is 0 Å². The van der Waals surface area contributed by atoms with E-state index in [-0.39, 0.29) is 0 Å². The van der Waals surface area contributed by atoms with Gasteiger partial charge in [-0.2, -0.15) is 0 Å². The maximum absolute atomic E-state index is 3.73. The molecular weight excluding hydrogens is 110 g/mol. The van der Waals surface area contributed by atoms with Crippen LogP contribution < -0.4 is 5.32 Å². The molecule has 0 fully saturated rings. The Morgan fingerprint density at radius 2 is 2.00 bits per heavy atom. The standard InChI is InChI=1S/C8H18N/c1-5-7(3)8(4)9-6-2/h7-9H,2,5-6H2,1,3-4H3. The summed E-state index contributed by atoms with van der Waals surface area (Å²) < 4.78 is 0. The first kappa shape index (κ1) is 8.96. The molecule has 0 amide bonds. The number of nitrogens with one attached hydrogen (secondary N) is 1. The molecule has 0 aliphatic heterocycles. The Hall–Kier alpha value is -0.0400. The SMILES string of the molecule is [CH2]CNC(C)C(C)CC. The van der Waals surface area contributed by atoms with Crippen molar-refractivity contribution in [3.8, 4) is 0 Å². The van der Waals surface area contributed by atoms with Crippen LogP contribution in [0.25, 0.3) is 0 Å². The quantitative estimate of drug-likeness (QED) is 0.609. The highest BCUT2D eigenvalue weighted by Crippen LogP contribution is 2.05. The molecule has 9 heavy (non-hydrogen) atoms. The maximum atomic E-state index is 3.73. The fourth-order valence-electron chi connectivity index (χ4n) is 0.782. The highest BCUT2D eigenvalue weighted by Gasteiger charge is 2.06. The van der Waals surface area contributed by atoms with Gasteiger partial charge in [-0.15, -0.1) is 0 Å². The van der Waals surface area contributed by atoms with Crippen LogP contribution in [0, 0.1) is 12.8 Å². The van der Waals surface area contributed by atoms with Crippen LogP contribution in [-0.4, -0.2) is 12.6 Å². The molecule has 0 saturated heterocycles. The fraction of sp³-hybridized carbons (Fsp3) is 0.875. The molecule has 0 aliphatic rings. The molecule has 2 unspecified atom stereocenters. The van der Waals surface area contributed by atoms with Crippen molar-refractivity contribution in [1.29, 1.82) is 0 Å². The molecule has 2 atom stereocenters. The van der Waals surface area contributed by atoms with E-state index in [9.17, 15) is 0 Å². The van der Waals surface area contributed by atoms with Gasteiger partial charge in [0.05, 0.1) is 0 Å². The van der Waals surface area contributed by atoms with Gasteiger partial charge in [0.25, 0.3) is 0 Å². The third-order valence-corrected chi connectivity index (χ3v) is 1.96. The molecule has 1 heteroatoms. The van der Waals surface area contributed by atoms with E-state index >= 15 is 0 Å². The van der Waals surface area contributed by atoms with E-state index in [1.165, 1.54) is 6.42 Å². The first-order valence-corrected chi connectivity index (χ1v) is 3.75. The molecule has 0 rings (SSSR count). The van der Waals surface area contributed by atoms with E-state index in [4.69, 9.17) is 0 Å². The Morgan fingerprint density at radius 3 is 2.33 bits per heavy atom. The average Bonchev–Trinajstić information content (AvgIpc) is 1.87. The van der Waals surface area contributed by atoms with Gasteiger partial charge in [-0.1, -0.05) is 20.3 Å². The maximum Gasteiger partial charge on any atom is 0.00642 e. The van der Waals surface area contributed by atoms with Gasteiger partial charge >= 0.3 is 0 Å². The van der Waals surface area contributed by atoms with Crippen molar-refractivity contribution in [2.45, 2.75) is 33.2 Å². The number of rotatable bonds is 4. The summed E-state index contributed by atoms with van der Waals surface area (Å²) in [6.07, 6.45) is 1.24. The molecule has 0 aromatic rings. The van der Waals surface area contributed by atoms with Gasteiger partial charge in [0.1, 0.15) is 0 Å². The van der Waals surface area contributed by atoms with Crippen molar-refractivity contribution < 1.29 is 0 Å². The molecule has 0 heterocycles. The summed E-state index contributed by atoms with van der Waals surface area (Å²) in [5.41, 5.74) is 0. The fourth-order valence-corrected chi connectivity index (χ4v) is 0.782. The Morgan fingerprint density at radius 1 is 1.44 bits per heavy atom. The highest BCUT2D eigenvalue weighted by molar-refractivity contribution is 4.66. The Balaban J connectivity index is 3.32. The predicted molar refractivity (Wildman–Crippen MR) is 42.3 cm³/mol. The van der Waals surface area contributed by atoms with Gasteiger partial charge in [-0.05, 0) is 26.3 Å². The van der Waals surface area contributed by atoms with Gasteiger partial charge in [0.15, 0.2) is 0 Å². The zero-order valence-corrected chi connectivity index (χ0v) is 6.78. The lowest BCUT2D eigenvalue weighted by atomic mass is 10.0. The van der Waals surface area contributed by atoms with Crippen LogP contribution in [0.4, 0.5) is 0 Å². The summed E-state index contributed by atoms with van der Waals surface area (Å²) in [7, 11) is 0. The van der Waals surface area contributed by atoms with Gasteiger partial charge in [0, 0.05) is 6.04 Å². The normalized spacial score (nSPS) is 17.3. The van der Waals surface area contributed by atoms with Crippen molar-refractivity contribution in [2.75, 3.05) is 6.54 Å². The van der Waals surface area contributed by atoms with Crippen LogP contribution in [0.5, 0.6) is 0 Å². The van der Waals surface area contributed by atoms with E-state index in [2.05, 4.69) is 33.0 Å². The van der Waals surface area contributed by atoms with Gasteiger partial charge in [-0.25, -0.2) is 0 Å². The Labute approximate surface area is 58.8 Å². The second-order valence-electron chi connectivity index (χ2n) is 2.63. The molecule has 0 saturated carbocycles. The first-order valence-electron chi connectivity index (χ1n) is 3.75. The summed E-state index contributed by atoms with van der Waals surface area (Å²) >= 11 is 0. The second-order valence-corrected chi connectivity index (χ2v) is 2.63. The van der Waals surface area contributed by atoms with E-state index in [1.807, 2.05) is 0 Å². The zero-order chi connectivity index (χ0) is 7.28. The molecule has 0 aromatic carbocycles. The molecule has 0 spiro atoms. The third kappa shape index (κ3) is 3.52. The highest BCUT2D eigenvalue weighted by atomic mass is 14.9.